The standard InChI is InChI=1S/C38H41Cl2FN6O5/c1-38(2,3)52-37(50)47(19-24-12-14-31(49)43-24)18-23-11-13-28(45-36(23)51-4)26-15-16-42-35(33(26)40)27-8-6-9-29(32(27)39)44-30-10-5-7-22(34(30)41)17-46-20-25(48)21-46/h5-11,13,15-16,24-25,44,48H,12,14,17-21H2,1-4H3,(H,43,49)/t24-/m0/s1. The molecule has 11 nitrogen and oxygen atoms in total. The molecule has 2 aromatic carbocycles. The van der Waals surface area contributed by atoms with Gasteiger partial charge in [-0.25, -0.2) is 14.2 Å². The number of anilines is 2. The number of pyridine rings is 2. The summed E-state index contributed by atoms with van der Waals surface area (Å²) in [7, 11) is 1.50. The average molecular weight is 752 g/mol. The maximum Gasteiger partial charge on any atom is 0.410 e. The normalized spacial score (nSPS) is 16.3. The van der Waals surface area contributed by atoms with E-state index in [4.69, 9.17) is 37.7 Å². The highest BCUT2D eigenvalue weighted by Gasteiger charge is 2.30. The van der Waals surface area contributed by atoms with Gasteiger partial charge in [-0.3, -0.25) is 14.7 Å². The fourth-order valence-electron chi connectivity index (χ4n) is 6.23. The predicted octanol–water partition coefficient (Wildman–Crippen LogP) is 7.20. The Balaban J connectivity index is 1.25. The Morgan fingerprint density at radius 1 is 1.06 bits per heavy atom. The van der Waals surface area contributed by atoms with E-state index in [0.29, 0.717) is 81.9 Å². The number of nitrogens with zero attached hydrogens (tertiary/aromatic N) is 4. The number of benzene rings is 2. The topological polar surface area (TPSA) is 129 Å². The minimum Gasteiger partial charge on any atom is -0.481 e. The number of hydrogen-bond donors (Lipinski definition) is 3. The molecule has 0 spiro atoms. The van der Waals surface area contributed by atoms with Crippen LogP contribution in [0.5, 0.6) is 5.88 Å². The maximum atomic E-state index is 15.5. The lowest BCUT2D eigenvalue weighted by atomic mass is 10.0. The van der Waals surface area contributed by atoms with Crippen molar-refractivity contribution >= 4 is 46.6 Å². The zero-order valence-corrected chi connectivity index (χ0v) is 30.9. The fraction of sp³-hybridized carbons (Fsp3) is 0.368. The first-order valence-electron chi connectivity index (χ1n) is 17.0. The van der Waals surface area contributed by atoms with Crippen LogP contribution in [0.4, 0.5) is 20.6 Å². The summed E-state index contributed by atoms with van der Waals surface area (Å²) in [6.45, 7) is 7.21. The number of nitrogens with one attached hydrogen (secondary N) is 2. The number of β-amino-alcohol motifs (C(OH)–C–C–N with tert-alkyl or cyclic N) is 1. The Kier molecular flexibility index (Phi) is 11.2. The van der Waals surface area contributed by atoms with Gasteiger partial charge in [0.25, 0.3) is 0 Å². The number of likely N-dealkylation sites (tertiary alicyclic amines) is 1. The van der Waals surface area contributed by atoms with Crippen molar-refractivity contribution in [1.29, 1.82) is 0 Å². The molecule has 0 saturated carbocycles. The van der Waals surface area contributed by atoms with Crippen molar-refractivity contribution in [1.82, 2.24) is 25.1 Å². The predicted molar refractivity (Wildman–Crippen MR) is 198 cm³/mol. The summed E-state index contributed by atoms with van der Waals surface area (Å²) in [6.07, 6.45) is 1.74. The van der Waals surface area contributed by atoms with Crippen LogP contribution in [0.25, 0.3) is 22.5 Å². The molecular weight excluding hydrogens is 710 g/mol. The van der Waals surface area contributed by atoms with Crippen LogP contribution in [-0.4, -0.2) is 81.4 Å². The quantitative estimate of drug-likeness (QED) is 0.146. The summed E-state index contributed by atoms with van der Waals surface area (Å²) >= 11 is 13.9. The van der Waals surface area contributed by atoms with E-state index in [1.54, 1.807) is 80.4 Å². The summed E-state index contributed by atoms with van der Waals surface area (Å²) < 4.78 is 26.9. The smallest absolute Gasteiger partial charge is 0.410 e. The summed E-state index contributed by atoms with van der Waals surface area (Å²) in [5.41, 5.74) is 3.16. The molecule has 52 heavy (non-hydrogen) atoms. The number of methoxy groups -OCH3 is 1. The van der Waals surface area contributed by atoms with Gasteiger partial charge in [-0.2, -0.15) is 0 Å². The molecular formula is C38H41Cl2FN6O5. The number of rotatable bonds is 11. The van der Waals surface area contributed by atoms with Crippen molar-refractivity contribution in [3.8, 4) is 28.4 Å². The van der Waals surface area contributed by atoms with Crippen LogP contribution in [0.2, 0.25) is 10.0 Å². The van der Waals surface area contributed by atoms with Gasteiger partial charge in [-0.15, -0.1) is 0 Å². The highest BCUT2D eigenvalue weighted by molar-refractivity contribution is 6.39. The molecule has 0 radical (unpaired) electrons. The van der Waals surface area contributed by atoms with Crippen LogP contribution in [0, 0.1) is 5.82 Å². The Morgan fingerprint density at radius 3 is 2.50 bits per heavy atom. The molecule has 1 atom stereocenters. The molecule has 2 aliphatic rings. The molecule has 14 heteroatoms. The molecule has 2 aliphatic heterocycles. The molecule has 2 saturated heterocycles. The number of ether oxygens (including phenoxy) is 2. The lowest BCUT2D eigenvalue weighted by Crippen LogP contribution is -2.49. The van der Waals surface area contributed by atoms with Crippen molar-refractivity contribution in [3.63, 3.8) is 0 Å². The molecule has 2 amide bonds. The van der Waals surface area contributed by atoms with Gasteiger partial charge in [-0.1, -0.05) is 47.5 Å². The summed E-state index contributed by atoms with van der Waals surface area (Å²) in [5, 5.41) is 16.2. The lowest BCUT2D eigenvalue weighted by molar-refractivity contribution is -0.119. The number of amides is 2. The Labute approximate surface area is 312 Å². The van der Waals surface area contributed by atoms with Crippen LogP contribution in [0.15, 0.2) is 60.8 Å². The van der Waals surface area contributed by atoms with Gasteiger partial charge in [0.05, 0.1) is 52.6 Å². The molecule has 274 valence electrons. The molecule has 6 rings (SSSR count). The highest BCUT2D eigenvalue weighted by Crippen LogP contribution is 2.41. The first-order valence-corrected chi connectivity index (χ1v) is 17.7. The van der Waals surface area contributed by atoms with Gasteiger partial charge in [0.2, 0.25) is 11.8 Å². The van der Waals surface area contributed by atoms with E-state index < -0.39 is 17.5 Å². The third-order valence-electron chi connectivity index (χ3n) is 8.77. The zero-order chi connectivity index (χ0) is 37.2. The molecule has 4 heterocycles. The SMILES string of the molecule is COc1nc(-c2ccnc(-c3cccc(Nc4cccc(CN5CC(O)C5)c4F)c3Cl)c2Cl)ccc1CN(C[C@@H]1CCC(=O)N1)C(=O)OC(C)(C)C. The second-order valence-corrected chi connectivity index (χ2v) is 14.7. The molecule has 0 unspecified atom stereocenters. The van der Waals surface area contributed by atoms with Crippen LogP contribution in [0.3, 0.4) is 0 Å². The minimum absolute atomic E-state index is 0.0462. The monoisotopic (exact) mass is 750 g/mol. The Morgan fingerprint density at radius 2 is 1.81 bits per heavy atom. The van der Waals surface area contributed by atoms with Crippen LogP contribution in [-0.2, 0) is 22.6 Å². The van der Waals surface area contributed by atoms with Crippen molar-refractivity contribution < 1.29 is 28.6 Å². The van der Waals surface area contributed by atoms with Crippen LogP contribution < -0.4 is 15.4 Å². The van der Waals surface area contributed by atoms with Crippen molar-refractivity contribution in [2.75, 3.05) is 32.1 Å². The van der Waals surface area contributed by atoms with Gasteiger partial charge in [-0.05, 0) is 57.5 Å². The maximum absolute atomic E-state index is 15.5. The highest BCUT2D eigenvalue weighted by atomic mass is 35.5. The second kappa shape index (κ2) is 15.6. The largest absolute Gasteiger partial charge is 0.481 e. The van der Waals surface area contributed by atoms with Gasteiger partial charge in [0, 0.05) is 67.1 Å². The van der Waals surface area contributed by atoms with E-state index in [1.807, 2.05) is 11.0 Å². The van der Waals surface area contributed by atoms with Crippen molar-refractivity contribution in [2.45, 2.75) is 64.4 Å². The molecule has 2 fully saturated rings. The number of hydrogen-bond acceptors (Lipinski definition) is 9. The average Bonchev–Trinajstić information content (AvgIpc) is 3.50. The number of halogens is 3. The molecule has 2 aromatic heterocycles. The van der Waals surface area contributed by atoms with E-state index >= 15 is 4.39 Å². The number of carbonyl (C=O) groups excluding carboxylic acids is 2. The van der Waals surface area contributed by atoms with E-state index in [0.717, 1.165) is 0 Å². The zero-order valence-electron chi connectivity index (χ0n) is 29.4. The third-order valence-corrected chi connectivity index (χ3v) is 9.56. The third kappa shape index (κ3) is 8.58. The van der Waals surface area contributed by atoms with Gasteiger partial charge < -0.3 is 30.1 Å². The number of carbonyl (C=O) groups is 2. The first-order chi connectivity index (χ1) is 24.8. The Bertz CT molecular complexity index is 1970. The molecule has 0 aliphatic carbocycles. The van der Waals surface area contributed by atoms with E-state index in [9.17, 15) is 14.7 Å². The summed E-state index contributed by atoms with van der Waals surface area (Å²) in [4.78, 5) is 37.9. The first kappa shape index (κ1) is 37.3. The van der Waals surface area contributed by atoms with Gasteiger partial charge >= 0.3 is 6.09 Å². The van der Waals surface area contributed by atoms with E-state index in [-0.39, 0.29) is 42.7 Å². The van der Waals surface area contributed by atoms with Crippen LogP contribution >= 0.6 is 23.2 Å². The minimum atomic E-state index is -0.713. The number of aliphatic hydroxyl groups is 1. The molecule has 4 aromatic rings. The molecule has 0 bridgehead atoms. The fourth-order valence-corrected chi connectivity index (χ4v) is 6.80. The van der Waals surface area contributed by atoms with Crippen LogP contribution in [0.1, 0.15) is 44.7 Å². The van der Waals surface area contributed by atoms with Crippen molar-refractivity contribution in [2.24, 2.45) is 0 Å². The Hall–Kier alpha value is -4.49. The lowest BCUT2D eigenvalue weighted by Gasteiger charge is -2.35. The summed E-state index contributed by atoms with van der Waals surface area (Å²) in [6, 6.07) is 15.6. The second-order valence-electron chi connectivity index (χ2n) is 14.0. The van der Waals surface area contributed by atoms with E-state index in [1.165, 1.54) is 7.11 Å². The number of aliphatic hydroxyl groups excluding tert-OH is 1. The summed E-state index contributed by atoms with van der Waals surface area (Å²) in [5.74, 6) is -0.156. The van der Waals surface area contributed by atoms with Gasteiger partial charge in [0.1, 0.15) is 5.60 Å². The van der Waals surface area contributed by atoms with Crippen molar-refractivity contribution in [3.05, 3.63) is 87.8 Å². The number of aromatic nitrogens is 2. The molecule has 3 N–H and O–H groups in total. The van der Waals surface area contributed by atoms with Gasteiger partial charge in [0.15, 0.2) is 5.82 Å². The van der Waals surface area contributed by atoms with E-state index in [2.05, 4.69) is 15.6 Å².